The Labute approximate surface area is 122 Å². The highest BCUT2D eigenvalue weighted by Gasteiger charge is 2.40. The van der Waals surface area contributed by atoms with Gasteiger partial charge < -0.3 is 19.5 Å². The molecule has 21 heavy (non-hydrogen) atoms. The third-order valence-electron chi connectivity index (χ3n) is 3.60. The molecule has 8 heteroatoms. The minimum Gasteiger partial charge on any atom is -0.491 e. The summed E-state index contributed by atoms with van der Waals surface area (Å²) in [5.74, 6) is 0.375. The SMILES string of the molecule is CCC(C)(O)COc1cccc2c1B(O)OC2C[N+](=O)[O-]. The van der Waals surface area contributed by atoms with Crippen molar-refractivity contribution >= 4 is 12.6 Å². The molecule has 1 heterocycles. The normalized spacial score (nSPS) is 20.0. The van der Waals surface area contributed by atoms with Gasteiger partial charge in [-0.1, -0.05) is 19.1 Å². The number of rotatable bonds is 6. The van der Waals surface area contributed by atoms with Crippen LogP contribution in [0.3, 0.4) is 0 Å². The van der Waals surface area contributed by atoms with Gasteiger partial charge in [-0.15, -0.1) is 0 Å². The molecule has 0 saturated heterocycles. The molecule has 0 spiro atoms. The lowest BCUT2D eigenvalue weighted by Gasteiger charge is -2.22. The maximum absolute atomic E-state index is 10.6. The van der Waals surface area contributed by atoms with Crippen molar-refractivity contribution in [3.8, 4) is 5.75 Å². The van der Waals surface area contributed by atoms with Crippen LogP contribution in [0.15, 0.2) is 18.2 Å². The lowest BCUT2D eigenvalue weighted by molar-refractivity contribution is -0.490. The molecule has 0 aromatic heterocycles. The molecule has 1 aliphatic rings. The number of aliphatic hydroxyl groups is 1. The molecular formula is C13H18BNO6. The van der Waals surface area contributed by atoms with Gasteiger partial charge in [0.25, 0.3) is 0 Å². The molecule has 2 N–H and O–H groups in total. The van der Waals surface area contributed by atoms with Crippen molar-refractivity contribution in [1.29, 1.82) is 0 Å². The fraction of sp³-hybridized carbons (Fsp3) is 0.538. The van der Waals surface area contributed by atoms with Crippen molar-refractivity contribution in [2.75, 3.05) is 13.2 Å². The van der Waals surface area contributed by atoms with Gasteiger partial charge in [0.2, 0.25) is 6.54 Å². The van der Waals surface area contributed by atoms with Crippen molar-refractivity contribution in [2.45, 2.75) is 32.0 Å². The van der Waals surface area contributed by atoms with E-state index in [0.717, 1.165) is 0 Å². The van der Waals surface area contributed by atoms with E-state index in [-0.39, 0.29) is 6.61 Å². The summed E-state index contributed by atoms with van der Waals surface area (Å²) in [6.45, 7) is 3.13. The molecule has 0 aliphatic carbocycles. The Bertz CT molecular complexity index is 535. The molecule has 0 bridgehead atoms. The van der Waals surface area contributed by atoms with E-state index < -0.39 is 30.3 Å². The van der Waals surface area contributed by atoms with Crippen molar-refractivity contribution in [3.05, 3.63) is 33.9 Å². The van der Waals surface area contributed by atoms with Gasteiger partial charge >= 0.3 is 7.12 Å². The zero-order chi connectivity index (χ0) is 15.6. The Morgan fingerprint density at radius 1 is 1.57 bits per heavy atom. The van der Waals surface area contributed by atoms with E-state index in [1.165, 1.54) is 0 Å². The number of ether oxygens (including phenoxy) is 1. The molecule has 0 radical (unpaired) electrons. The number of nitrogens with zero attached hydrogens (tertiary/aromatic N) is 1. The first-order valence-electron chi connectivity index (χ1n) is 6.77. The van der Waals surface area contributed by atoms with E-state index in [0.29, 0.717) is 23.2 Å². The van der Waals surface area contributed by atoms with Crippen molar-refractivity contribution in [1.82, 2.24) is 0 Å². The Morgan fingerprint density at radius 3 is 2.90 bits per heavy atom. The van der Waals surface area contributed by atoms with Crippen LogP contribution in [-0.2, 0) is 4.65 Å². The Hall–Kier alpha value is -1.64. The molecular weight excluding hydrogens is 277 g/mol. The van der Waals surface area contributed by atoms with Gasteiger partial charge in [0, 0.05) is 10.4 Å². The minimum atomic E-state index is -1.26. The molecule has 0 amide bonds. The van der Waals surface area contributed by atoms with Crippen LogP contribution in [0, 0.1) is 10.1 Å². The Morgan fingerprint density at radius 2 is 2.29 bits per heavy atom. The molecule has 0 fully saturated rings. The van der Waals surface area contributed by atoms with Gasteiger partial charge in [0.1, 0.15) is 18.5 Å². The zero-order valence-electron chi connectivity index (χ0n) is 12.0. The van der Waals surface area contributed by atoms with E-state index in [1.807, 2.05) is 6.92 Å². The van der Waals surface area contributed by atoms with Crippen LogP contribution in [-0.4, -0.2) is 40.9 Å². The standard InChI is InChI=1S/C13H18BNO6/c1-3-13(2,16)8-20-10-6-4-5-9-11(7-15(18)19)21-14(17)12(9)10/h4-6,11,16-17H,3,7-8H2,1-2H3. The maximum atomic E-state index is 10.6. The molecule has 7 nitrogen and oxygen atoms in total. The van der Waals surface area contributed by atoms with E-state index in [9.17, 15) is 20.2 Å². The minimum absolute atomic E-state index is 0.0621. The summed E-state index contributed by atoms with van der Waals surface area (Å²) < 4.78 is 10.8. The van der Waals surface area contributed by atoms with Crippen molar-refractivity contribution < 1.29 is 24.4 Å². The topological polar surface area (TPSA) is 102 Å². The predicted octanol–water partition coefficient (Wildman–Crippen LogP) is 0.262. The van der Waals surface area contributed by atoms with E-state index in [2.05, 4.69) is 0 Å². The van der Waals surface area contributed by atoms with Crippen LogP contribution in [0.5, 0.6) is 5.75 Å². The quantitative estimate of drug-likeness (QED) is 0.443. The molecule has 2 unspecified atom stereocenters. The lowest BCUT2D eigenvalue weighted by atomic mass is 9.78. The Balaban J connectivity index is 2.22. The first-order chi connectivity index (χ1) is 9.84. The van der Waals surface area contributed by atoms with Gasteiger partial charge in [-0.2, -0.15) is 0 Å². The van der Waals surface area contributed by atoms with Crippen LogP contribution in [0.1, 0.15) is 31.9 Å². The average molecular weight is 295 g/mol. The first kappa shape index (κ1) is 15.7. The zero-order valence-corrected chi connectivity index (χ0v) is 12.0. The van der Waals surface area contributed by atoms with Crippen LogP contribution < -0.4 is 10.2 Å². The number of hydrogen-bond acceptors (Lipinski definition) is 6. The van der Waals surface area contributed by atoms with E-state index in [1.54, 1.807) is 25.1 Å². The second kappa shape index (κ2) is 6.01. The molecule has 2 rings (SSSR count). The van der Waals surface area contributed by atoms with Crippen LogP contribution in [0.4, 0.5) is 0 Å². The largest absolute Gasteiger partial charge is 0.496 e. The van der Waals surface area contributed by atoms with Crippen molar-refractivity contribution in [3.63, 3.8) is 0 Å². The lowest BCUT2D eigenvalue weighted by Crippen LogP contribution is -2.35. The monoisotopic (exact) mass is 295 g/mol. The van der Waals surface area contributed by atoms with Crippen LogP contribution in [0.25, 0.3) is 0 Å². The number of fused-ring (bicyclic) bond motifs is 1. The Kier molecular flexibility index (Phi) is 4.50. The fourth-order valence-electron chi connectivity index (χ4n) is 2.14. The third-order valence-corrected chi connectivity index (χ3v) is 3.60. The van der Waals surface area contributed by atoms with Gasteiger partial charge in [-0.25, -0.2) is 0 Å². The third kappa shape index (κ3) is 3.52. The summed E-state index contributed by atoms with van der Waals surface area (Å²) in [5, 5.41) is 30.5. The smallest absolute Gasteiger partial charge is 0.491 e. The summed E-state index contributed by atoms with van der Waals surface area (Å²) in [4.78, 5) is 10.1. The van der Waals surface area contributed by atoms with Gasteiger partial charge in [0.15, 0.2) is 0 Å². The van der Waals surface area contributed by atoms with Gasteiger partial charge in [0.05, 0.1) is 5.60 Å². The number of nitro groups is 1. The summed E-state index contributed by atoms with van der Waals surface area (Å²) in [5.41, 5.74) is -0.0306. The molecule has 1 aliphatic heterocycles. The summed E-state index contributed by atoms with van der Waals surface area (Å²) >= 11 is 0. The van der Waals surface area contributed by atoms with Crippen LogP contribution in [0.2, 0.25) is 0 Å². The second-order valence-corrected chi connectivity index (χ2v) is 5.39. The van der Waals surface area contributed by atoms with E-state index in [4.69, 9.17) is 9.39 Å². The fourth-order valence-corrected chi connectivity index (χ4v) is 2.14. The summed E-state index contributed by atoms with van der Waals surface area (Å²) in [6.07, 6.45) is -0.273. The highest BCUT2D eigenvalue weighted by atomic mass is 16.6. The number of hydrogen-bond donors (Lipinski definition) is 2. The molecule has 2 atom stereocenters. The highest BCUT2D eigenvalue weighted by Crippen LogP contribution is 2.28. The maximum Gasteiger partial charge on any atom is 0.496 e. The van der Waals surface area contributed by atoms with Gasteiger partial charge in [-0.05, 0) is 25.0 Å². The van der Waals surface area contributed by atoms with E-state index >= 15 is 0 Å². The molecule has 1 aromatic carbocycles. The molecule has 1 aromatic rings. The highest BCUT2D eigenvalue weighted by molar-refractivity contribution is 6.62. The molecule has 0 saturated carbocycles. The number of benzene rings is 1. The summed E-state index contributed by atoms with van der Waals surface area (Å²) in [7, 11) is -1.26. The van der Waals surface area contributed by atoms with Crippen LogP contribution >= 0.6 is 0 Å². The van der Waals surface area contributed by atoms with Gasteiger partial charge in [-0.3, -0.25) is 10.1 Å². The first-order valence-corrected chi connectivity index (χ1v) is 6.77. The van der Waals surface area contributed by atoms with Crippen molar-refractivity contribution in [2.24, 2.45) is 0 Å². The molecule has 114 valence electrons. The average Bonchev–Trinajstić information content (AvgIpc) is 2.73. The second-order valence-electron chi connectivity index (χ2n) is 5.39. The predicted molar refractivity (Wildman–Crippen MR) is 76.1 cm³/mol. The summed E-state index contributed by atoms with van der Waals surface area (Å²) in [6, 6.07) is 5.00.